The Kier molecular flexibility index (Phi) is 6.32. The van der Waals surface area contributed by atoms with Crippen LogP contribution in [-0.4, -0.2) is 33.0 Å². The number of hydrogen-bond acceptors (Lipinski definition) is 7. The Morgan fingerprint density at radius 3 is 2.44 bits per heavy atom. The van der Waals surface area contributed by atoms with E-state index < -0.39 is 28.9 Å². The summed E-state index contributed by atoms with van der Waals surface area (Å²) in [7, 11) is 0. The van der Waals surface area contributed by atoms with Gasteiger partial charge in [0.25, 0.3) is 0 Å². The van der Waals surface area contributed by atoms with Gasteiger partial charge in [0.15, 0.2) is 0 Å². The van der Waals surface area contributed by atoms with Gasteiger partial charge in [0.05, 0.1) is 23.1 Å². The molecule has 0 spiro atoms. The largest absolute Gasteiger partial charge is 0.433 e. The molecular weight excluding hydrogens is 482 g/mol. The van der Waals surface area contributed by atoms with Gasteiger partial charge in [-0.1, -0.05) is 0 Å². The van der Waals surface area contributed by atoms with E-state index in [1.54, 1.807) is 6.92 Å². The molecule has 1 atom stereocenters. The summed E-state index contributed by atoms with van der Waals surface area (Å²) in [5.41, 5.74) is -0.478. The zero-order chi connectivity index (χ0) is 24.7. The van der Waals surface area contributed by atoms with Crippen LogP contribution in [0.25, 0.3) is 0 Å². The average Bonchev–Trinajstić information content (AvgIpc) is 2.91. The van der Waals surface area contributed by atoms with Gasteiger partial charge >= 0.3 is 12.4 Å². The minimum absolute atomic E-state index is 0.0859. The average molecular weight is 500 g/mol. The summed E-state index contributed by atoms with van der Waals surface area (Å²) in [4.78, 5) is 17.7. The molecule has 34 heavy (non-hydrogen) atoms. The fourth-order valence-corrected chi connectivity index (χ4v) is 4.21. The number of alkyl halides is 6. The number of aryl methyl sites for hydroxylation is 1. The van der Waals surface area contributed by atoms with Crippen LogP contribution in [0.2, 0.25) is 0 Å². The van der Waals surface area contributed by atoms with E-state index in [4.69, 9.17) is 0 Å². The van der Waals surface area contributed by atoms with E-state index in [9.17, 15) is 26.3 Å². The standard InChI is InChI=1S/C21H18F6N6S/c1-11-30-14-6-8-33(19-13(20(22,23)24)3-2-7-28-19)10-15(34)17(14)18(31-11)32-12-4-5-16(29-9-12)21(25,26)27/h2-5,7,9,15,34H,6,8,10H2,1H3,(H,30,31,32). The van der Waals surface area contributed by atoms with Crippen LogP contribution < -0.4 is 10.2 Å². The third-order valence-electron chi connectivity index (χ3n) is 5.19. The van der Waals surface area contributed by atoms with Crippen molar-refractivity contribution in [1.29, 1.82) is 0 Å². The molecule has 0 saturated carbocycles. The molecule has 0 aromatic carbocycles. The third kappa shape index (κ3) is 5.03. The lowest BCUT2D eigenvalue weighted by Gasteiger charge is -2.26. The maximum absolute atomic E-state index is 13.5. The molecule has 1 aliphatic heterocycles. The molecule has 180 valence electrons. The van der Waals surface area contributed by atoms with Gasteiger partial charge in [-0.25, -0.2) is 19.9 Å². The van der Waals surface area contributed by atoms with Crippen LogP contribution in [0.4, 0.5) is 43.7 Å². The van der Waals surface area contributed by atoms with Gasteiger partial charge in [-0.3, -0.25) is 0 Å². The molecule has 1 aliphatic rings. The van der Waals surface area contributed by atoms with Crippen molar-refractivity contribution < 1.29 is 26.3 Å². The molecule has 0 amide bonds. The molecule has 0 saturated heterocycles. The van der Waals surface area contributed by atoms with Crippen molar-refractivity contribution >= 4 is 30.0 Å². The molecule has 3 aromatic heterocycles. The fraction of sp³-hybridized carbons (Fsp3) is 0.333. The van der Waals surface area contributed by atoms with Crippen molar-refractivity contribution in [2.75, 3.05) is 23.3 Å². The highest BCUT2D eigenvalue weighted by Gasteiger charge is 2.37. The van der Waals surface area contributed by atoms with E-state index in [-0.39, 0.29) is 24.6 Å². The van der Waals surface area contributed by atoms with E-state index in [1.165, 1.54) is 23.2 Å². The van der Waals surface area contributed by atoms with Gasteiger partial charge in [0.2, 0.25) is 0 Å². The van der Waals surface area contributed by atoms with E-state index >= 15 is 0 Å². The molecule has 13 heteroatoms. The number of thiol groups is 1. The maximum atomic E-state index is 13.5. The molecule has 0 aliphatic carbocycles. The Hall–Kier alpha value is -3.09. The summed E-state index contributed by atoms with van der Waals surface area (Å²) in [6.45, 7) is 1.94. The van der Waals surface area contributed by atoms with Gasteiger partial charge < -0.3 is 10.2 Å². The van der Waals surface area contributed by atoms with Gasteiger partial charge in [-0.05, 0) is 31.2 Å². The number of nitrogens with zero attached hydrogens (tertiary/aromatic N) is 5. The molecular formula is C21H18F6N6S. The fourth-order valence-electron chi connectivity index (χ4n) is 3.74. The number of aromatic nitrogens is 4. The van der Waals surface area contributed by atoms with Gasteiger partial charge in [-0.15, -0.1) is 0 Å². The first kappa shape index (κ1) is 24.0. The topological polar surface area (TPSA) is 66.8 Å². The van der Waals surface area contributed by atoms with Crippen LogP contribution in [0.3, 0.4) is 0 Å². The Balaban J connectivity index is 1.66. The van der Waals surface area contributed by atoms with Crippen LogP contribution in [0, 0.1) is 6.92 Å². The van der Waals surface area contributed by atoms with Crippen LogP contribution in [0.5, 0.6) is 0 Å². The summed E-state index contributed by atoms with van der Waals surface area (Å²) >= 11 is 4.62. The first-order valence-electron chi connectivity index (χ1n) is 10.1. The van der Waals surface area contributed by atoms with Crippen molar-refractivity contribution in [2.24, 2.45) is 0 Å². The minimum Gasteiger partial charge on any atom is -0.354 e. The minimum atomic E-state index is -4.58. The highest BCUT2D eigenvalue weighted by atomic mass is 32.1. The number of fused-ring (bicyclic) bond motifs is 1. The summed E-state index contributed by atoms with van der Waals surface area (Å²) in [6, 6.07) is 4.27. The van der Waals surface area contributed by atoms with Crippen LogP contribution in [0.15, 0.2) is 36.7 Å². The molecule has 0 bridgehead atoms. The predicted molar refractivity (Wildman–Crippen MR) is 116 cm³/mol. The van der Waals surface area contributed by atoms with E-state index in [0.717, 1.165) is 18.3 Å². The molecule has 6 nitrogen and oxygen atoms in total. The van der Waals surface area contributed by atoms with Crippen LogP contribution >= 0.6 is 12.6 Å². The Labute approximate surface area is 195 Å². The molecule has 1 N–H and O–H groups in total. The van der Waals surface area contributed by atoms with E-state index in [2.05, 4.69) is 37.9 Å². The van der Waals surface area contributed by atoms with Crippen molar-refractivity contribution in [3.63, 3.8) is 0 Å². The highest BCUT2D eigenvalue weighted by molar-refractivity contribution is 7.80. The Morgan fingerprint density at radius 1 is 1.03 bits per heavy atom. The normalized spacial score (nSPS) is 16.7. The molecule has 0 radical (unpaired) electrons. The van der Waals surface area contributed by atoms with Crippen molar-refractivity contribution in [3.8, 4) is 0 Å². The third-order valence-corrected chi connectivity index (χ3v) is 5.61. The number of nitrogens with one attached hydrogen (secondary N) is 1. The quantitative estimate of drug-likeness (QED) is 0.372. The second kappa shape index (κ2) is 8.93. The summed E-state index contributed by atoms with van der Waals surface area (Å²) in [5.74, 6) is 0.500. The number of anilines is 3. The first-order chi connectivity index (χ1) is 15.9. The second-order valence-corrected chi connectivity index (χ2v) is 8.24. The van der Waals surface area contributed by atoms with Crippen molar-refractivity contribution in [1.82, 2.24) is 19.9 Å². The van der Waals surface area contributed by atoms with Gasteiger partial charge in [0, 0.05) is 36.5 Å². The maximum Gasteiger partial charge on any atom is 0.433 e. The zero-order valence-electron chi connectivity index (χ0n) is 17.6. The summed E-state index contributed by atoms with van der Waals surface area (Å²) < 4.78 is 79.0. The predicted octanol–water partition coefficient (Wildman–Crippen LogP) is 5.39. The number of hydrogen-bond donors (Lipinski definition) is 2. The first-order valence-corrected chi connectivity index (χ1v) is 10.6. The lowest BCUT2D eigenvalue weighted by molar-refractivity contribution is -0.141. The smallest absolute Gasteiger partial charge is 0.354 e. The Bertz CT molecular complexity index is 1180. The number of halogens is 6. The molecule has 4 rings (SSSR count). The SMILES string of the molecule is Cc1nc2c(c(Nc3ccc(C(F)(F)F)nc3)n1)C(S)CN(c1ncccc1C(F)(F)F)CC2. The van der Waals surface area contributed by atoms with Crippen molar-refractivity contribution in [2.45, 2.75) is 30.9 Å². The molecule has 1 unspecified atom stereocenters. The van der Waals surface area contributed by atoms with Gasteiger partial charge in [-0.2, -0.15) is 39.0 Å². The monoisotopic (exact) mass is 500 g/mol. The van der Waals surface area contributed by atoms with Gasteiger partial charge in [0.1, 0.15) is 23.2 Å². The summed E-state index contributed by atoms with van der Waals surface area (Å²) in [6.07, 6.45) is -6.52. The van der Waals surface area contributed by atoms with Crippen LogP contribution in [0.1, 0.15) is 33.6 Å². The number of rotatable bonds is 3. The van der Waals surface area contributed by atoms with Crippen molar-refractivity contribution in [3.05, 3.63) is 65.0 Å². The van der Waals surface area contributed by atoms with E-state index in [1.807, 2.05) is 0 Å². The van der Waals surface area contributed by atoms with E-state index in [0.29, 0.717) is 29.3 Å². The zero-order valence-corrected chi connectivity index (χ0v) is 18.5. The lowest BCUT2D eigenvalue weighted by Crippen LogP contribution is -2.30. The highest BCUT2D eigenvalue weighted by Crippen LogP contribution is 2.39. The second-order valence-electron chi connectivity index (χ2n) is 7.62. The molecule has 0 fully saturated rings. The molecule has 4 heterocycles. The molecule has 3 aromatic rings. The lowest BCUT2D eigenvalue weighted by atomic mass is 10.1. The van der Waals surface area contributed by atoms with Crippen LogP contribution in [-0.2, 0) is 18.8 Å². The summed E-state index contributed by atoms with van der Waals surface area (Å²) in [5, 5.41) is 2.35. The number of pyridine rings is 2. The Morgan fingerprint density at radius 2 is 1.79 bits per heavy atom.